The summed E-state index contributed by atoms with van der Waals surface area (Å²) in [6.45, 7) is 4.15. The van der Waals surface area contributed by atoms with Crippen LogP contribution < -0.4 is 20.7 Å². The summed E-state index contributed by atoms with van der Waals surface area (Å²) in [6.07, 6.45) is 3.21. The zero-order valence-electron chi connectivity index (χ0n) is 15.8. The number of ether oxygens (including phenoxy) is 1. The number of benzene rings is 1. The Balaban J connectivity index is 2.13. The molecule has 0 fully saturated rings. The molecule has 0 spiro atoms. The van der Waals surface area contributed by atoms with E-state index in [0.717, 1.165) is 42.2 Å². The third kappa shape index (κ3) is 5.60. The van der Waals surface area contributed by atoms with Crippen LogP contribution in [-0.4, -0.2) is 37.2 Å². The maximum absolute atomic E-state index is 5.51. The topological polar surface area (TPSA) is 71.1 Å². The van der Waals surface area contributed by atoms with Crippen LogP contribution in [0.3, 0.4) is 0 Å². The molecule has 0 aliphatic heterocycles. The Morgan fingerprint density at radius 3 is 2.64 bits per heavy atom. The average Bonchev–Trinajstić information content (AvgIpc) is 2.61. The quantitative estimate of drug-likeness (QED) is 0.647. The summed E-state index contributed by atoms with van der Waals surface area (Å²) in [7, 11) is 5.56. The van der Waals surface area contributed by atoms with E-state index in [1.165, 1.54) is 5.56 Å². The number of rotatable bonds is 9. The Labute approximate surface area is 150 Å². The lowest BCUT2D eigenvalue weighted by atomic mass is 10.0. The summed E-state index contributed by atoms with van der Waals surface area (Å²) in [5.74, 6) is 2.30. The maximum atomic E-state index is 5.51. The molecule has 3 N–H and O–H groups in total. The summed E-state index contributed by atoms with van der Waals surface area (Å²) in [5, 5.41) is 9.62. The van der Waals surface area contributed by atoms with Gasteiger partial charge in [-0.05, 0) is 63.9 Å². The van der Waals surface area contributed by atoms with E-state index in [0.29, 0.717) is 12.0 Å². The van der Waals surface area contributed by atoms with Crippen molar-refractivity contribution in [2.24, 2.45) is 0 Å². The highest BCUT2D eigenvalue weighted by Gasteiger charge is 2.08. The van der Waals surface area contributed by atoms with Crippen LogP contribution >= 0.6 is 0 Å². The van der Waals surface area contributed by atoms with Gasteiger partial charge < -0.3 is 20.7 Å². The lowest BCUT2D eigenvalue weighted by molar-refractivity contribution is 0.408. The molecule has 6 heteroatoms. The Morgan fingerprint density at radius 2 is 1.96 bits per heavy atom. The van der Waals surface area contributed by atoms with E-state index >= 15 is 0 Å². The Hall–Kier alpha value is -2.34. The highest BCUT2D eigenvalue weighted by atomic mass is 16.5. The van der Waals surface area contributed by atoms with Crippen LogP contribution in [-0.2, 0) is 6.42 Å². The molecule has 6 nitrogen and oxygen atoms in total. The highest BCUT2D eigenvalue weighted by molar-refractivity contribution is 5.58. The molecule has 136 valence electrons. The van der Waals surface area contributed by atoms with E-state index in [-0.39, 0.29) is 0 Å². The largest absolute Gasteiger partial charge is 0.496 e. The number of nitrogens with one attached hydrogen (secondary N) is 3. The molecule has 0 saturated heterocycles. The summed E-state index contributed by atoms with van der Waals surface area (Å²) in [6, 6.07) is 8.53. The normalized spacial score (nSPS) is 11.9. The van der Waals surface area contributed by atoms with Crippen LogP contribution in [0.1, 0.15) is 31.0 Å². The highest BCUT2D eigenvalue weighted by Crippen LogP contribution is 2.26. The van der Waals surface area contributed by atoms with E-state index in [4.69, 9.17) is 4.74 Å². The minimum absolute atomic E-state index is 0.521. The fraction of sp³-hybridized carbons (Fsp3) is 0.474. The SMILES string of the molecule is CNc1cc(C)nc(Nc2ccc(OC)c(CCC[C@@H](C)NC)c2)n1. The second kappa shape index (κ2) is 9.22. The first-order chi connectivity index (χ1) is 12.0. The minimum atomic E-state index is 0.521. The van der Waals surface area contributed by atoms with Gasteiger partial charge in [-0.25, -0.2) is 4.98 Å². The van der Waals surface area contributed by atoms with Crippen molar-refractivity contribution in [2.75, 3.05) is 31.8 Å². The molecule has 0 aliphatic carbocycles. The van der Waals surface area contributed by atoms with Crippen LogP contribution in [0.5, 0.6) is 5.75 Å². The smallest absolute Gasteiger partial charge is 0.229 e. The molecule has 0 amide bonds. The lowest BCUT2D eigenvalue weighted by Gasteiger charge is -2.14. The summed E-state index contributed by atoms with van der Waals surface area (Å²) >= 11 is 0. The van der Waals surface area contributed by atoms with Gasteiger partial charge in [-0.2, -0.15) is 4.98 Å². The van der Waals surface area contributed by atoms with Crippen molar-refractivity contribution in [2.45, 2.75) is 39.2 Å². The second-order valence-electron chi connectivity index (χ2n) is 6.20. The zero-order valence-corrected chi connectivity index (χ0v) is 15.8. The van der Waals surface area contributed by atoms with Gasteiger partial charge in [0.2, 0.25) is 5.95 Å². The Bertz CT molecular complexity index is 690. The first-order valence-electron chi connectivity index (χ1n) is 8.70. The van der Waals surface area contributed by atoms with Crippen molar-refractivity contribution < 1.29 is 4.74 Å². The van der Waals surface area contributed by atoms with E-state index in [1.54, 1.807) is 7.11 Å². The van der Waals surface area contributed by atoms with Gasteiger partial charge in [0.15, 0.2) is 0 Å². The fourth-order valence-electron chi connectivity index (χ4n) is 2.68. The van der Waals surface area contributed by atoms with Crippen molar-refractivity contribution >= 4 is 17.5 Å². The molecule has 1 aromatic heterocycles. The molecule has 0 radical (unpaired) electrons. The van der Waals surface area contributed by atoms with E-state index in [2.05, 4.69) is 38.9 Å². The van der Waals surface area contributed by atoms with Crippen molar-refractivity contribution in [1.82, 2.24) is 15.3 Å². The number of hydrogen-bond donors (Lipinski definition) is 3. The third-order valence-corrected chi connectivity index (χ3v) is 4.22. The van der Waals surface area contributed by atoms with E-state index in [1.807, 2.05) is 39.2 Å². The van der Waals surface area contributed by atoms with E-state index in [9.17, 15) is 0 Å². The summed E-state index contributed by atoms with van der Waals surface area (Å²) in [4.78, 5) is 8.89. The van der Waals surface area contributed by atoms with Crippen molar-refractivity contribution in [3.8, 4) is 5.75 Å². The number of nitrogens with zero attached hydrogens (tertiary/aromatic N) is 2. The molecule has 1 heterocycles. The van der Waals surface area contributed by atoms with Crippen molar-refractivity contribution in [3.63, 3.8) is 0 Å². The molecule has 0 unspecified atom stereocenters. The van der Waals surface area contributed by atoms with Crippen LogP contribution in [0.15, 0.2) is 24.3 Å². The molecule has 2 aromatic rings. The standard InChI is InChI=1S/C19H29N5O/c1-13(20-3)7-6-8-15-12-16(9-10-17(15)25-5)23-19-22-14(2)11-18(21-4)24-19/h9-13,20H,6-8H2,1-5H3,(H2,21,22,23,24)/t13-/m1/s1. The van der Waals surface area contributed by atoms with Crippen LogP contribution in [0.2, 0.25) is 0 Å². The minimum Gasteiger partial charge on any atom is -0.496 e. The van der Waals surface area contributed by atoms with Gasteiger partial charge in [0, 0.05) is 30.5 Å². The summed E-state index contributed by atoms with van der Waals surface area (Å²) < 4.78 is 5.51. The molecule has 0 saturated carbocycles. The van der Waals surface area contributed by atoms with Crippen LogP contribution in [0.4, 0.5) is 17.5 Å². The van der Waals surface area contributed by atoms with Gasteiger partial charge >= 0.3 is 0 Å². The van der Waals surface area contributed by atoms with E-state index < -0.39 is 0 Å². The molecule has 1 atom stereocenters. The maximum Gasteiger partial charge on any atom is 0.229 e. The predicted molar refractivity (Wildman–Crippen MR) is 104 cm³/mol. The van der Waals surface area contributed by atoms with Gasteiger partial charge in [-0.3, -0.25) is 0 Å². The number of anilines is 3. The number of hydrogen-bond acceptors (Lipinski definition) is 6. The third-order valence-electron chi connectivity index (χ3n) is 4.22. The first-order valence-corrected chi connectivity index (χ1v) is 8.70. The molecule has 1 aromatic carbocycles. The van der Waals surface area contributed by atoms with Gasteiger partial charge in [-0.1, -0.05) is 0 Å². The number of aryl methyl sites for hydroxylation is 2. The molecular formula is C19H29N5O. The predicted octanol–water partition coefficient (Wildman–Crippen LogP) is 3.51. The van der Waals surface area contributed by atoms with Gasteiger partial charge in [-0.15, -0.1) is 0 Å². The summed E-state index contributed by atoms with van der Waals surface area (Å²) in [5.41, 5.74) is 3.07. The lowest BCUT2D eigenvalue weighted by Crippen LogP contribution is -2.20. The second-order valence-corrected chi connectivity index (χ2v) is 6.20. The number of aromatic nitrogens is 2. The fourth-order valence-corrected chi connectivity index (χ4v) is 2.68. The molecule has 0 aliphatic rings. The molecule has 0 bridgehead atoms. The monoisotopic (exact) mass is 343 g/mol. The molecule has 2 rings (SSSR count). The Kier molecular flexibility index (Phi) is 7.01. The van der Waals surface area contributed by atoms with Crippen LogP contribution in [0.25, 0.3) is 0 Å². The van der Waals surface area contributed by atoms with Gasteiger partial charge in [0.25, 0.3) is 0 Å². The average molecular weight is 343 g/mol. The van der Waals surface area contributed by atoms with Crippen molar-refractivity contribution in [3.05, 3.63) is 35.5 Å². The van der Waals surface area contributed by atoms with Crippen molar-refractivity contribution in [1.29, 1.82) is 0 Å². The molecular weight excluding hydrogens is 314 g/mol. The number of methoxy groups -OCH3 is 1. The van der Waals surface area contributed by atoms with Gasteiger partial charge in [0.1, 0.15) is 11.6 Å². The zero-order chi connectivity index (χ0) is 18.2. The van der Waals surface area contributed by atoms with Crippen LogP contribution in [0, 0.1) is 6.92 Å². The molecule has 25 heavy (non-hydrogen) atoms. The van der Waals surface area contributed by atoms with Gasteiger partial charge in [0.05, 0.1) is 7.11 Å². The first kappa shape index (κ1) is 19.0. The Morgan fingerprint density at radius 1 is 1.16 bits per heavy atom.